The van der Waals surface area contributed by atoms with Gasteiger partial charge in [-0.1, -0.05) is 18.2 Å². The summed E-state index contributed by atoms with van der Waals surface area (Å²) in [5.74, 6) is -0.710. The summed E-state index contributed by atoms with van der Waals surface area (Å²) in [6.07, 6.45) is -0.404. The Hall–Kier alpha value is -3.53. The molecule has 0 atom stereocenters. The fourth-order valence-corrected chi connectivity index (χ4v) is 3.77. The van der Waals surface area contributed by atoms with Gasteiger partial charge in [-0.25, -0.2) is 14.6 Å². The van der Waals surface area contributed by atoms with Gasteiger partial charge in [0.2, 0.25) is 0 Å². The molecule has 1 aliphatic heterocycles. The predicted octanol–water partition coefficient (Wildman–Crippen LogP) is 4.07. The highest BCUT2D eigenvalue weighted by atomic mass is 32.2. The first-order valence-electron chi connectivity index (χ1n) is 9.50. The van der Waals surface area contributed by atoms with Crippen LogP contribution in [0.15, 0.2) is 59.3 Å². The minimum absolute atomic E-state index is 0.0227. The average molecular weight is 443 g/mol. The fourth-order valence-electron chi connectivity index (χ4n) is 2.82. The molecule has 1 aromatic carbocycles. The zero-order chi connectivity index (χ0) is 22.4. The maximum absolute atomic E-state index is 13.6. The molecule has 0 N–H and O–H groups in total. The Bertz CT molecular complexity index is 1010. The second kappa shape index (κ2) is 9.98. The molecule has 1 aliphatic rings. The van der Waals surface area contributed by atoms with Gasteiger partial charge >= 0.3 is 12.2 Å². The average Bonchev–Trinajstić information content (AvgIpc) is 2.75. The molecule has 2 amide bonds. The molecular weight excluding hydrogens is 422 g/mol. The summed E-state index contributed by atoms with van der Waals surface area (Å²) < 4.78 is 16.9. The van der Waals surface area contributed by atoms with Crippen molar-refractivity contribution in [3.05, 3.63) is 59.9 Å². The van der Waals surface area contributed by atoms with Gasteiger partial charge in [-0.3, -0.25) is 4.79 Å². The van der Waals surface area contributed by atoms with Crippen molar-refractivity contribution in [3.8, 4) is 0 Å². The maximum Gasteiger partial charge on any atom is 0.513 e. The molecule has 0 radical (unpaired) electrons. The molecule has 0 saturated carbocycles. The number of aromatic nitrogens is 1. The Morgan fingerprint density at radius 2 is 1.74 bits per heavy atom. The number of nitrogens with zero attached hydrogens (tertiary/aromatic N) is 3. The fraction of sp³-hybridized carbons (Fsp3) is 0.238. The number of amides is 2. The van der Waals surface area contributed by atoms with E-state index < -0.39 is 18.2 Å². The van der Waals surface area contributed by atoms with Crippen LogP contribution in [0.1, 0.15) is 19.4 Å². The van der Waals surface area contributed by atoms with Gasteiger partial charge in [0.15, 0.2) is 11.5 Å². The van der Waals surface area contributed by atoms with Crippen LogP contribution in [-0.2, 0) is 19.0 Å². The first-order chi connectivity index (χ1) is 15.0. The lowest BCUT2D eigenvalue weighted by Crippen LogP contribution is -2.42. The van der Waals surface area contributed by atoms with Gasteiger partial charge in [-0.2, -0.15) is 4.90 Å². The number of hydrogen-bond donors (Lipinski definition) is 0. The van der Waals surface area contributed by atoms with Crippen molar-refractivity contribution in [2.24, 2.45) is 0 Å². The lowest BCUT2D eigenvalue weighted by Gasteiger charge is -2.31. The van der Waals surface area contributed by atoms with E-state index in [4.69, 9.17) is 14.2 Å². The number of rotatable bonds is 5. The van der Waals surface area contributed by atoms with Crippen molar-refractivity contribution in [3.63, 3.8) is 0 Å². The third-order valence-corrected chi connectivity index (χ3v) is 5.09. The zero-order valence-electron chi connectivity index (χ0n) is 17.2. The van der Waals surface area contributed by atoms with E-state index in [2.05, 4.69) is 4.98 Å². The van der Waals surface area contributed by atoms with Crippen LogP contribution < -0.4 is 4.90 Å². The lowest BCUT2D eigenvalue weighted by molar-refractivity contribution is -0.115. The summed E-state index contributed by atoms with van der Waals surface area (Å²) in [6, 6.07) is 11.9. The normalized spacial score (nSPS) is 12.7. The van der Waals surface area contributed by atoms with Crippen LogP contribution in [0.5, 0.6) is 0 Å². The van der Waals surface area contributed by atoms with Crippen molar-refractivity contribution in [1.82, 2.24) is 9.29 Å². The number of benzene rings is 1. The number of carbonyl (C=O) groups is 3. The van der Waals surface area contributed by atoms with E-state index >= 15 is 0 Å². The highest BCUT2D eigenvalue weighted by Gasteiger charge is 2.38. The summed E-state index contributed by atoms with van der Waals surface area (Å²) in [5, 5.41) is 0. The van der Waals surface area contributed by atoms with E-state index in [1.165, 1.54) is 28.5 Å². The molecule has 0 unspecified atom stereocenters. The number of imide groups is 1. The number of pyridine rings is 1. The minimum atomic E-state index is -0.960. The maximum atomic E-state index is 13.6. The quantitative estimate of drug-likeness (QED) is 0.500. The summed E-state index contributed by atoms with van der Waals surface area (Å²) in [7, 11) is 1.63. The topological polar surface area (TPSA) is 98.3 Å². The van der Waals surface area contributed by atoms with Crippen LogP contribution in [0.2, 0.25) is 0 Å². The molecule has 31 heavy (non-hydrogen) atoms. The van der Waals surface area contributed by atoms with Crippen molar-refractivity contribution in [2.45, 2.75) is 18.7 Å². The van der Waals surface area contributed by atoms with Gasteiger partial charge in [0.05, 0.1) is 13.2 Å². The van der Waals surface area contributed by atoms with Gasteiger partial charge in [-0.05, 0) is 50.1 Å². The van der Waals surface area contributed by atoms with Gasteiger partial charge in [-0.15, -0.1) is 0 Å². The number of carbonyl (C=O) groups excluding carboxylic acids is 3. The summed E-state index contributed by atoms with van der Waals surface area (Å²) >= 11 is 1.25. The van der Waals surface area contributed by atoms with Gasteiger partial charge < -0.3 is 18.5 Å². The summed E-state index contributed by atoms with van der Waals surface area (Å²) in [4.78, 5) is 44.1. The van der Waals surface area contributed by atoms with E-state index in [0.717, 1.165) is 9.80 Å². The Morgan fingerprint density at radius 1 is 1.03 bits per heavy atom. The molecule has 0 fully saturated rings. The second-order valence-electron chi connectivity index (χ2n) is 6.08. The summed E-state index contributed by atoms with van der Waals surface area (Å²) in [6.45, 7) is 3.44. The van der Waals surface area contributed by atoms with Crippen molar-refractivity contribution >= 4 is 41.7 Å². The van der Waals surface area contributed by atoms with E-state index in [9.17, 15) is 14.4 Å². The Kier molecular flexibility index (Phi) is 7.14. The molecule has 2 heterocycles. The third-order valence-electron chi connectivity index (χ3n) is 4.08. The number of fused-ring (bicyclic) bond motifs is 1. The molecule has 0 bridgehead atoms. The predicted molar refractivity (Wildman–Crippen MR) is 114 cm³/mol. The van der Waals surface area contributed by atoms with Crippen molar-refractivity contribution < 1.29 is 28.6 Å². The first kappa shape index (κ1) is 22.2. The number of hydrogen-bond acceptors (Lipinski definition) is 9. The Labute approximate surface area is 183 Å². The second-order valence-corrected chi connectivity index (χ2v) is 7.25. The number of ether oxygens (including phenoxy) is 3. The largest absolute Gasteiger partial charge is 0.513 e. The molecule has 2 aromatic rings. The van der Waals surface area contributed by atoms with E-state index in [0.29, 0.717) is 5.56 Å². The van der Waals surface area contributed by atoms with Crippen LogP contribution in [0.4, 0.5) is 15.4 Å². The Balaban J connectivity index is 2.15. The monoisotopic (exact) mass is 443 g/mol. The highest BCUT2D eigenvalue weighted by Crippen LogP contribution is 2.41. The standard InChI is InChI=1S/C21H21N3O6S/c1-4-28-20(26)24(16-12-8-9-13-22-16)19(25)17-18(30-21(27)29-5-2)14-10-6-7-11-15(14)31-23(17)3/h6-13H,4-5H2,1-3H3. The zero-order valence-corrected chi connectivity index (χ0v) is 18.0. The van der Waals surface area contributed by atoms with E-state index in [1.54, 1.807) is 45.2 Å². The lowest BCUT2D eigenvalue weighted by atomic mass is 10.1. The highest BCUT2D eigenvalue weighted by molar-refractivity contribution is 7.97. The summed E-state index contributed by atoms with van der Waals surface area (Å²) in [5.41, 5.74) is 0.488. The SMILES string of the molecule is CCOC(=O)OC1=C(C(=O)N(C(=O)OCC)c2ccccn2)N(C)Sc2ccccc21. The van der Waals surface area contributed by atoms with E-state index in [1.807, 2.05) is 12.1 Å². The van der Waals surface area contributed by atoms with Crippen LogP contribution in [0, 0.1) is 0 Å². The van der Waals surface area contributed by atoms with E-state index in [-0.39, 0.29) is 30.5 Å². The van der Waals surface area contributed by atoms with Crippen LogP contribution in [-0.4, -0.2) is 47.7 Å². The number of anilines is 1. The first-order valence-corrected chi connectivity index (χ1v) is 10.3. The smallest absolute Gasteiger partial charge is 0.449 e. The number of likely N-dealkylation sites (N-methyl/N-ethyl adjacent to an activating group) is 1. The third kappa shape index (κ3) is 4.80. The van der Waals surface area contributed by atoms with Gasteiger partial charge in [0.1, 0.15) is 5.82 Å². The molecule has 0 aliphatic carbocycles. The van der Waals surface area contributed by atoms with Crippen LogP contribution in [0.3, 0.4) is 0 Å². The molecule has 10 heteroatoms. The molecule has 0 spiro atoms. The van der Waals surface area contributed by atoms with Crippen molar-refractivity contribution in [2.75, 3.05) is 25.2 Å². The van der Waals surface area contributed by atoms with Crippen LogP contribution in [0.25, 0.3) is 5.76 Å². The molecule has 1 aromatic heterocycles. The van der Waals surface area contributed by atoms with Crippen LogP contribution >= 0.6 is 11.9 Å². The molecule has 0 saturated heterocycles. The molecule has 162 valence electrons. The van der Waals surface area contributed by atoms with Gasteiger partial charge in [0.25, 0.3) is 5.91 Å². The van der Waals surface area contributed by atoms with Gasteiger partial charge in [0, 0.05) is 23.7 Å². The Morgan fingerprint density at radius 3 is 2.42 bits per heavy atom. The minimum Gasteiger partial charge on any atom is -0.449 e. The van der Waals surface area contributed by atoms with Crippen molar-refractivity contribution in [1.29, 1.82) is 0 Å². The molecule has 9 nitrogen and oxygen atoms in total. The molecule has 3 rings (SSSR count). The molecular formula is C21H21N3O6S.